The molecular formula is C22H23N3OS. The first-order valence-electron chi connectivity index (χ1n) is 9.12. The second-order valence-corrected chi connectivity index (χ2v) is 8.49. The van der Waals surface area contributed by atoms with E-state index in [4.69, 9.17) is 4.74 Å². The van der Waals surface area contributed by atoms with Crippen molar-refractivity contribution < 1.29 is 4.74 Å². The Labute approximate surface area is 164 Å². The highest BCUT2D eigenvalue weighted by atomic mass is 32.2. The fraction of sp³-hybridized carbons (Fsp3) is 0.318. The molecule has 0 amide bonds. The standard InChI is InChI=1S/C22H23N3OS/c1-22(13-23)14-25(15-22)21-8-7-17(27-10-9-26-2)12-18(21)20-11-16-5-3-4-6-19(16)24-20/h3-8,11-12,24H,9-10,14-15H2,1-2H3. The normalized spacial score (nSPS) is 15.5. The fourth-order valence-electron chi connectivity index (χ4n) is 3.59. The summed E-state index contributed by atoms with van der Waals surface area (Å²) < 4.78 is 5.18. The van der Waals surface area contributed by atoms with Gasteiger partial charge >= 0.3 is 0 Å². The molecule has 0 unspecified atom stereocenters. The molecular weight excluding hydrogens is 354 g/mol. The van der Waals surface area contributed by atoms with Gasteiger partial charge in [-0.1, -0.05) is 18.2 Å². The van der Waals surface area contributed by atoms with Crippen LogP contribution >= 0.6 is 11.8 Å². The zero-order valence-electron chi connectivity index (χ0n) is 15.7. The average Bonchev–Trinajstić information content (AvgIpc) is 3.10. The fourth-order valence-corrected chi connectivity index (χ4v) is 4.45. The molecule has 0 atom stereocenters. The maximum atomic E-state index is 9.36. The number of fused-ring (bicyclic) bond motifs is 1. The summed E-state index contributed by atoms with van der Waals surface area (Å²) in [5, 5.41) is 10.6. The van der Waals surface area contributed by atoms with Crippen molar-refractivity contribution in [3.8, 4) is 17.3 Å². The lowest BCUT2D eigenvalue weighted by atomic mass is 9.83. The Balaban J connectivity index is 1.71. The third kappa shape index (κ3) is 3.55. The van der Waals surface area contributed by atoms with Gasteiger partial charge in [0.25, 0.3) is 0 Å². The lowest BCUT2D eigenvalue weighted by molar-refractivity contribution is 0.218. The van der Waals surface area contributed by atoms with Gasteiger partial charge in [-0.05, 0) is 37.3 Å². The maximum absolute atomic E-state index is 9.36. The molecule has 1 aliphatic rings. The molecule has 2 heterocycles. The SMILES string of the molecule is COCCSc1ccc(N2CC(C)(C#N)C2)c(-c2cc3ccccc3[nH]2)c1. The largest absolute Gasteiger partial charge is 0.384 e. The molecule has 27 heavy (non-hydrogen) atoms. The van der Waals surface area contributed by atoms with Crippen molar-refractivity contribution in [3.63, 3.8) is 0 Å². The topological polar surface area (TPSA) is 52.0 Å². The highest BCUT2D eigenvalue weighted by molar-refractivity contribution is 7.99. The molecule has 2 aromatic carbocycles. The lowest BCUT2D eigenvalue weighted by Crippen LogP contribution is -2.54. The van der Waals surface area contributed by atoms with E-state index in [0.29, 0.717) is 0 Å². The van der Waals surface area contributed by atoms with E-state index in [1.165, 1.54) is 21.5 Å². The van der Waals surface area contributed by atoms with Gasteiger partial charge in [0.15, 0.2) is 0 Å². The van der Waals surface area contributed by atoms with Crippen molar-refractivity contribution >= 4 is 28.4 Å². The molecule has 4 rings (SSSR count). The Hall–Kier alpha value is -2.42. The molecule has 0 saturated carbocycles. The van der Waals surface area contributed by atoms with Gasteiger partial charge in [-0.25, -0.2) is 0 Å². The van der Waals surface area contributed by atoms with Crippen LogP contribution in [0.2, 0.25) is 0 Å². The molecule has 138 valence electrons. The van der Waals surface area contributed by atoms with Crippen molar-refractivity contribution in [1.29, 1.82) is 5.26 Å². The molecule has 5 heteroatoms. The van der Waals surface area contributed by atoms with Gasteiger partial charge in [0.05, 0.1) is 18.1 Å². The van der Waals surface area contributed by atoms with E-state index < -0.39 is 0 Å². The number of aromatic nitrogens is 1. The lowest BCUT2D eigenvalue weighted by Gasteiger charge is -2.45. The predicted octanol–water partition coefficient (Wildman–Crippen LogP) is 4.92. The highest BCUT2D eigenvalue weighted by Gasteiger charge is 2.40. The third-order valence-electron chi connectivity index (χ3n) is 5.03. The Bertz CT molecular complexity index is 965. The Morgan fingerprint density at radius 1 is 1.22 bits per heavy atom. The summed E-state index contributed by atoms with van der Waals surface area (Å²) in [7, 11) is 1.73. The molecule has 0 radical (unpaired) electrons. The van der Waals surface area contributed by atoms with Crippen LogP contribution in [0, 0.1) is 16.7 Å². The minimum atomic E-state index is -0.246. The number of aromatic amines is 1. The van der Waals surface area contributed by atoms with E-state index in [2.05, 4.69) is 58.4 Å². The number of nitrogens with zero attached hydrogens (tertiary/aromatic N) is 2. The minimum absolute atomic E-state index is 0.246. The summed E-state index contributed by atoms with van der Waals surface area (Å²) >= 11 is 1.80. The van der Waals surface area contributed by atoms with Crippen LogP contribution in [0.15, 0.2) is 53.4 Å². The van der Waals surface area contributed by atoms with Crippen molar-refractivity contribution in [2.45, 2.75) is 11.8 Å². The van der Waals surface area contributed by atoms with E-state index in [9.17, 15) is 5.26 Å². The number of para-hydroxylation sites is 1. The van der Waals surface area contributed by atoms with Crippen LogP contribution in [0.3, 0.4) is 0 Å². The Morgan fingerprint density at radius 2 is 2.04 bits per heavy atom. The number of nitriles is 1. The van der Waals surface area contributed by atoms with Crippen molar-refractivity contribution in [1.82, 2.24) is 4.98 Å². The third-order valence-corrected chi connectivity index (χ3v) is 5.99. The molecule has 1 saturated heterocycles. The van der Waals surface area contributed by atoms with Crippen LogP contribution < -0.4 is 4.90 Å². The first-order valence-corrected chi connectivity index (χ1v) is 10.1. The van der Waals surface area contributed by atoms with E-state index in [1.54, 1.807) is 18.9 Å². The van der Waals surface area contributed by atoms with Crippen LogP contribution in [0.5, 0.6) is 0 Å². The summed E-state index contributed by atoms with van der Waals surface area (Å²) in [6, 6.07) is 19.6. The van der Waals surface area contributed by atoms with Gasteiger partial charge in [0, 0.05) is 58.7 Å². The predicted molar refractivity (Wildman–Crippen MR) is 112 cm³/mol. The molecule has 0 bridgehead atoms. The second kappa shape index (κ2) is 7.30. The molecule has 1 aliphatic heterocycles. The number of H-pyrrole nitrogens is 1. The Kier molecular flexibility index (Phi) is 4.86. The molecule has 1 fully saturated rings. The summed E-state index contributed by atoms with van der Waals surface area (Å²) in [6.45, 7) is 4.31. The summed E-state index contributed by atoms with van der Waals surface area (Å²) in [6.07, 6.45) is 0. The van der Waals surface area contributed by atoms with Crippen LogP contribution in [-0.4, -0.2) is 37.5 Å². The number of thioether (sulfide) groups is 1. The number of methoxy groups -OCH3 is 1. The average molecular weight is 378 g/mol. The number of rotatable bonds is 6. The highest BCUT2D eigenvalue weighted by Crippen LogP contribution is 2.41. The summed E-state index contributed by atoms with van der Waals surface area (Å²) in [5.74, 6) is 0.929. The minimum Gasteiger partial charge on any atom is -0.384 e. The van der Waals surface area contributed by atoms with Crippen LogP contribution in [0.25, 0.3) is 22.2 Å². The monoisotopic (exact) mass is 377 g/mol. The van der Waals surface area contributed by atoms with Crippen LogP contribution in [0.1, 0.15) is 6.92 Å². The van der Waals surface area contributed by atoms with Crippen LogP contribution in [-0.2, 0) is 4.74 Å². The van der Waals surface area contributed by atoms with E-state index in [-0.39, 0.29) is 5.41 Å². The molecule has 4 nitrogen and oxygen atoms in total. The van der Waals surface area contributed by atoms with Gasteiger partial charge in [-0.3, -0.25) is 0 Å². The zero-order chi connectivity index (χ0) is 18.9. The summed E-state index contributed by atoms with van der Waals surface area (Å²) in [5.41, 5.74) is 4.38. The quantitative estimate of drug-likeness (QED) is 0.489. The molecule has 0 aliphatic carbocycles. The van der Waals surface area contributed by atoms with Crippen LogP contribution in [0.4, 0.5) is 5.69 Å². The maximum Gasteiger partial charge on any atom is 0.0894 e. The van der Waals surface area contributed by atoms with Gasteiger partial charge < -0.3 is 14.6 Å². The van der Waals surface area contributed by atoms with Crippen molar-refractivity contribution in [2.75, 3.05) is 37.5 Å². The zero-order valence-corrected chi connectivity index (χ0v) is 16.5. The van der Waals surface area contributed by atoms with E-state index in [0.717, 1.165) is 36.7 Å². The van der Waals surface area contributed by atoms with Gasteiger partial charge in [-0.15, -0.1) is 11.8 Å². The van der Waals surface area contributed by atoms with Gasteiger partial charge in [0.2, 0.25) is 0 Å². The smallest absolute Gasteiger partial charge is 0.0894 e. The van der Waals surface area contributed by atoms with Gasteiger partial charge in [0.1, 0.15) is 0 Å². The Morgan fingerprint density at radius 3 is 2.78 bits per heavy atom. The number of benzene rings is 2. The number of hydrogen-bond donors (Lipinski definition) is 1. The number of hydrogen-bond acceptors (Lipinski definition) is 4. The molecule has 3 aromatic rings. The van der Waals surface area contributed by atoms with Crippen molar-refractivity contribution in [3.05, 3.63) is 48.5 Å². The van der Waals surface area contributed by atoms with E-state index >= 15 is 0 Å². The van der Waals surface area contributed by atoms with E-state index in [1.807, 2.05) is 13.0 Å². The first kappa shape index (κ1) is 18.0. The second-order valence-electron chi connectivity index (χ2n) is 7.32. The molecule has 1 aromatic heterocycles. The number of anilines is 1. The first-order chi connectivity index (χ1) is 13.1. The summed E-state index contributed by atoms with van der Waals surface area (Å²) in [4.78, 5) is 7.09. The number of nitrogens with one attached hydrogen (secondary N) is 1. The number of ether oxygens (including phenoxy) is 1. The molecule has 1 N–H and O–H groups in total. The molecule has 0 spiro atoms. The van der Waals surface area contributed by atoms with Gasteiger partial charge in [-0.2, -0.15) is 5.26 Å². The van der Waals surface area contributed by atoms with Crippen molar-refractivity contribution in [2.24, 2.45) is 5.41 Å².